The van der Waals surface area contributed by atoms with Crippen LogP contribution in [0.25, 0.3) is 11.0 Å². The van der Waals surface area contributed by atoms with Crippen LogP contribution in [0.1, 0.15) is 35.0 Å². The van der Waals surface area contributed by atoms with Crippen LogP contribution in [0.5, 0.6) is 0 Å². The molecule has 0 aliphatic carbocycles. The Bertz CT molecular complexity index is 1110. The molecule has 0 spiro atoms. The second-order valence-electron chi connectivity index (χ2n) is 6.57. The fourth-order valence-electron chi connectivity index (χ4n) is 2.93. The standard InChI is InChI=1S/C20H20FIN2O5/c1-3-13(25)10-29-23-19(26)17-16(8-11-4-5-12(22)9-15(11)21)24(2)20(27)14-6-7-28-18(14)17/h4-7,9,13,25H,3,8,10H2,1-2H3,(H,23,26)/t13-/m0/s1. The zero-order valence-electron chi connectivity index (χ0n) is 15.9. The molecule has 2 aromatic heterocycles. The van der Waals surface area contributed by atoms with Crippen molar-refractivity contribution < 1.29 is 23.5 Å². The number of amides is 1. The summed E-state index contributed by atoms with van der Waals surface area (Å²) >= 11 is 2.01. The Morgan fingerprint density at radius 3 is 2.86 bits per heavy atom. The number of fused-ring (bicyclic) bond motifs is 1. The molecule has 0 unspecified atom stereocenters. The lowest BCUT2D eigenvalue weighted by atomic mass is 10.0. The van der Waals surface area contributed by atoms with E-state index in [2.05, 4.69) is 5.48 Å². The van der Waals surface area contributed by atoms with E-state index in [1.807, 2.05) is 22.6 Å². The highest BCUT2D eigenvalue weighted by atomic mass is 127. The molecule has 1 atom stereocenters. The van der Waals surface area contributed by atoms with E-state index in [4.69, 9.17) is 9.25 Å². The van der Waals surface area contributed by atoms with E-state index in [-0.39, 0.29) is 40.8 Å². The zero-order chi connectivity index (χ0) is 21.1. The molecule has 1 aromatic carbocycles. The highest BCUT2D eigenvalue weighted by molar-refractivity contribution is 14.1. The Hall–Kier alpha value is -2.24. The lowest BCUT2D eigenvalue weighted by Gasteiger charge is -2.16. The molecular weight excluding hydrogens is 494 g/mol. The van der Waals surface area contributed by atoms with Gasteiger partial charge in [-0.1, -0.05) is 13.0 Å². The summed E-state index contributed by atoms with van der Waals surface area (Å²) in [5.41, 5.74) is 2.73. The van der Waals surface area contributed by atoms with Gasteiger partial charge in [-0.2, -0.15) is 0 Å². The van der Waals surface area contributed by atoms with Gasteiger partial charge in [0.15, 0.2) is 5.58 Å². The van der Waals surface area contributed by atoms with Gasteiger partial charge in [0.1, 0.15) is 18.0 Å². The number of furan rings is 1. The van der Waals surface area contributed by atoms with Crippen LogP contribution in [0.4, 0.5) is 4.39 Å². The summed E-state index contributed by atoms with van der Waals surface area (Å²) in [4.78, 5) is 30.6. The summed E-state index contributed by atoms with van der Waals surface area (Å²) in [6, 6.07) is 6.22. The molecule has 29 heavy (non-hydrogen) atoms. The van der Waals surface area contributed by atoms with Crippen LogP contribution in [0.15, 0.2) is 39.7 Å². The number of hydrogen-bond donors (Lipinski definition) is 2. The van der Waals surface area contributed by atoms with Gasteiger partial charge < -0.3 is 14.1 Å². The Morgan fingerprint density at radius 2 is 2.17 bits per heavy atom. The number of carbonyl (C=O) groups excluding carboxylic acids is 1. The number of aliphatic hydroxyl groups excluding tert-OH is 1. The van der Waals surface area contributed by atoms with Crippen molar-refractivity contribution in [1.82, 2.24) is 10.0 Å². The summed E-state index contributed by atoms with van der Waals surface area (Å²) in [7, 11) is 1.52. The quantitative estimate of drug-likeness (QED) is 0.374. The van der Waals surface area contributed by atoms with Crippen molar-refractivity contribution in [2.45, 2.75) is 25.9 Å². The van der Waals surface area contributed by atoms with Crippen molar-refractivity contribution in [2.24, 2.45) is 7.05 Å². The normalized spacial score (nSPS) is 12.3. The monoisotopic (exact) mass is 514 g/mol. The maximum Gasteiger partial charge on any atom is 0.280 e. The van der Waals surface area contributed by atoms with Crippen molar-refractivity contribution in [3.63, 3.8) is 0 Å². The summed E-state index contributed by atoms with van der Waals surface area (Å²) in [6.07, 6.45) is 1.07. The van der Waals surface area contributed by atoms with Crippen LogP contribution in [-0.4, -0.2) is 28.3 Å². The Kier molecular flexibility index (Phi) is 6.70. The molecule has 3 rings (SSSR count). The summed E-state index contributed by atoms with van der Waals surface area (Å²) in [6.45, 7) is 1.69. The number of nitrogens with one attached hydrogen (secondary N) is 1. The topological polar surface area (TPSA) is 93.7 Å². The molecule has 0 aliphatic heterocycles. The van der Waals surface area contributed by atoms with Crippen molar-refractivity contribution in [3.8, 4) is 0 Å². The number of rotatable bonds is 7. The molecule has 0 saturated carbocycles. The molecule has 9 heteroatoms. The molecule has 7 nitrogen and oxygen atoms in total. The number of halogens is 2. The number of hydroxylamine groups is 1. The number of pyridine rings is 1. The van der Waals surface area contributed by atoms with Gasteiger partial charge in [0.05, 0.1) is 17.8 Å². The van der Waals surface area contributed by atoms with E-state index < -0.39 is 17.8 Å². The largest absolute Gasteiger partial charge is 0.463 e. The van der Waals surface area contributed by atoms with Crippen molar-refractivity contribution in [1.29, 1.82) is 0 Å². The van der Waals surface area contributed by atoms with Crippen LogP contribution in [-0.2, 0) is 18.3 Å². The molecule has 3 aromatic rings. The predicted octanol–water partition coefficient (Wildman–Crippen LogP) is 2.90. The van der Waals surface area contributed by atoms with Crippen LogP contribution < -0.4 is 11.0 Å². The van der Waals surface area contributed by atoms with E-state index in [1.54, 1.807) is 19.1 Å². The third kappa shape index (κ3) is 4.51. The SMILES string of the molecule is CC[C@H](O)CONC(=O)c1c(Cc2ccc(I)cc2F)n(C)c(=O)c2ccoc12. The van der Waals surface area contributed by atoms with Crippen LogP contribution in [0.2, 0.25) is 0 Å². The first-order chi connectivity index (χ1) is 13.8. The van der Waals surface area contributed by atoms with Gasteiger partial charge in [0.25, 0.3) is 11.5 Å². The van der Waals surface area contributed by atoms with Crippen LogP contribution in [0.3, 0.4) is 0 Å². The second-order valence-corrected chi connectivity index (χ2v) is 7.81. The number of carbonyl (C=O) groups is 1. The number of nitrogens with zero attached hydrogens (tertiary/aromatic N) is 1. The first kappa shape index (κ1) is 21.5. The van der Waals surface area contributed by atoms with Crippen LogP contribution in [0, 0.1) is 9.39 Å². The highest BCUT2D eigenvalue weighted by Crippen LogP contribution is 2.24. The minimum atomic E-state index is -0.723. The van der Waals surface area contributed by atoms with Crippen molar-refractivity contribution >= 4 is 39.5 Å². The molecule has 0 fully saturated rings. The van der Waals surface area contributed by atoms with E-state index in [0.29, 0.717) is 12.0 Å². The lowest BCUT2D eigenvalue weighted by Crippen LogP contribution is -2.32. The van der Waals surface area contributed by atoms with Gasteiger partial charge in [-0.25, -0.2) is 9.87 Å². The first-order valence-electron chi connectivity index (χ1n) is 8.96. The number of aromatic nitrogens is 1. The van der Waals surface area contributed by atoms with Gasteiger partial charge in [-0.3, -0.25) is 14.4 Å². The molecule has 0 radical (unpaired) electrons. The van der Waals surface area contributed by atoms with Gasteiger partial charge >= 0.3 is 0 Å². The highest BCUT2D eigenvalue weighted by Gasteiger charge is 2.24. The lowest BCUT2D eigenvalue weighted by molar-refractivity contribution is -0.0134. The Labute approximate surface area is 179 Å². The van der Waals surface area contributed by atoms with Crippen LogP contribution >= 0.6 is 22.6 Å². The summed E-state index contributed by atoms with van der Waals surface area (Å²) in [5, 5.41) is 9.81. The number of hydrogen-bond acceptors (Lipinski definition) is 5. The fourth-order valence-corrected chi connectivity index (χ4v) is 3.39. The fraction of sp³-hybridized carbons (Fsp3) is 0.300. The average molecular weight is 514 g/mol. The van der Waals surface area contributed by atoms with E-state index in [9.17, 15) is 19.1 Å². The molecular formula is C20H20FIN2O5. The van der Waals surface area contributed by atoms with Gasteiger partial charge in [-0.05, 0) is 52.8 Å². The third-order valence-corrected chi connectivity index (χ3v) is 5.30. The average Bonchev–Trinajstić information content (AvgIpc) is 3.17. The predicted molar refractivity (Wildman–Crippen MR) is 113 cm³/mol. The van der Waals surface area contributed by atoms with Gasteiger partial charge in [-0.15, -0.1) is 0 Å². The van der Waals surface area contributed by atoms with E-state index in [0.717, 1.165) is 3.57 Å². The number of benzene rings is 1. The van der Waals surface area contributed by atoms with Crippen molar-refractivity contribution in [2.75, 3.05) is 6.61 Å². The maximum absolute atomic E-state index is 14.4. The van der Waals surface area contributed by atoms with Gasteiger partial charge in [0, 0.05) is 22.7 Å². The second kappa shape index (κ2) is 9.06. The van der Waals surface area contributed by atoms with Gasteiger partial charge in [0.2, 0.25) is 0 Å². The smallest absolute Gasteiger partial charge is 0.280 e. The molecule has 1 amide bonds. The van der Waals surface area contributed by atoms with E-state index in [1.165, 1.54) is 30.0 Å². The minimum absolute atomic E-state index is 0.00543. The molecule has 0 saturated heterocycles. The Balaban J connectivity index is 2.05. The first-order valence-corrected chi connectivity index (χ1v) is 10.0. The summed E-state index contributed by atoms with van der Waals surface area (Å²) in [5.74, 6) is -1.08. The third-order valence-electron chi connectivity index (χ3n) is 4.63. The van der Waals surface area contributed by atoms with Crippen molar-refractivity contribution in [3.05, 3.63) is 67.1 Å². The molecule has 2 heterocycles. The molecule has 0 aliphatic rings. The van der Waals surface area contributed by atoms with E-state index >= 15 is 0 Å². The molecule has 154 valence electrons. The maximum atomic E-state index is 14.4. The summed E-state index contributed by atoms with van der Waals surface area (Å²) < 4.78 is 21.9. The Morgan fingerprint density at radius 1 is 1.41 bits per heavy atom. The minimum Gasteiger partial charge on any atom is -0.463 e. The zero-order valence-corrected chi connectivity index (χ0v) is 18.0. The molecule has 2 N–H and O–H groups in total. The number of aliphatic hydroxyl groups is 1. The molecule has 0 bridgehead atoms.